The second-order valence-corrected chi connectivity index (χ2v) is 4.51. The van der Waals surface area contributed by atoms with Crippen LogP contribution < -0.4 is 10.1 Å². The van der Waals surface area contributed by atoms with Gasteiger partial charge in [-0.3, -0.25) is 10.1 Å². The number of hydrogen-bond acceptors (Lipinski definition) is 5. The van der Waals surface area contributed by atoms with E-state index in [-0.39, 0.29) is 5.69 Å². The Morgan fingerprint density at radius 1 is 1.48 bits per heavy atom. The second-order valence-electron chi connectivity index (χ2n) is 4.51. The van der Waals surface area contributed by atoms with Gasteiger partial charge in [-0.25, -0.2) is 9.07 Å². The van der Waals surface area contributed by atoms with Crippen molar-refractivity contribution in [2.45, 2.75) is 13.5 Å². The number of halogens is 1. The molecule has 112 valence electrons. The van der Waals surface area contributed by atoms with Crippen LogP contribution in [-0.4, -0.2) is 21.8 Å². The lowest BCUT2D eigenvalue weighted by molar-refractivity contribution is -0.385. The van der Waals surface area contributed by atoms with Crippen molar-refractivity contribution in [3.05, 3.63) is 45.4 Å². The smallest absolute Gasteiger partial charge is 0.274 e. The first kappa shape index (κ1) is 14.8. The number of non-ortho nitro benzene ring substituents is 1. The molecule has 0 spiro atoms. The van der Waals surface area contributed by atoms with Gasteiger partial charge in [-0.1, -0.05) is 0 Å². The van der Waals surface area contributed by atoms with Gasteiger partial charge in [-0.2, -0.15) is 5.10 Å². The van der Waals surface area contributed by atoms with Crippen molar-refractivity contribution in [1.29, 1.82) is 0 Å². The Bertz CT molecular complexity index is 684. The minimum absolute atomic E-state index is 0.299. The molecule has 21 heavy (non-hydrogen) atoms. The highest BCUT2D eigenvalue weighted by Gasteiger charge is 2.15. The highest BCUT2D eigenvalue weighted by molar-refractivity contribution is 5.52. The number of hydrogen-bond donors (Lipinski definition) is 1. The van der Waals surface area contributed by atoms with E-state index < -0.39 is 10.7 Å². The average molecular weight is 294 g/mol. The SMILES string of the molecule is COc1c(CNc2cc(F)cc([N+](=O)[O-])c2)c(C)nn1C. The standard InChI is InChI=1S/C13H15FN4O3/c1-8-12(13(21-3)17(2)16-8)7-15-10-4-9(14)5-11(6-10)18(19)20/h4-6,15H,7H2,1-3H3. The molecule has 0 saturated heterocycles. The summed E-state index contributed by atoms with van der Waals surface area (Å²) in [6.45, 7) is 2.15. The van der Waals surface area contributed by atoms with Gasteiger partial charge in [-0.15, -0.1) is 0 Å². The van der Waals surface area contributed by atoms with Crippen molar-refractivity contribution in [3.8, 4) is 5.88 Å². The normalized spacial score (nSPS) is 10.5. The molecule has 1 N–H and O–H groups in total. The number of benzene rings is 1. The third-order valence-corrected chi connectivity index (χ3v) is 3.04. The number of ether oxygens (including phenoxy) is 1. The number of aryl methyl sites for hydroxylation is 2. The van der Waals surface area contributed by atoms with Crippen LogP contribution >= 0.6 is 0 Å². The maximum absolute atomic E-state index is 13.4. The molecule has 0 atom stereocenters. The summed E-state index contributed by atoms with van der Waals surface area (Å²) >= 11 is 0. The molecule has 0 aliphatic carbocycles. The molecule has 0 unspecified atom stereocenters. The van der Waals surface area contributed by atoms with Gasteiger partial charge >= 0.3 is 0 Å². The van der Waals surface area contributed by atoms with Crippen molar-refractivity contribution >= 4 is 11.4 Å². The minimum Gasteiger partial charge on any atom is -0.481 e. The molecule has 1 heterocycles. The largest absolute Gasteiger partial charge is 0.481 e. The van der Waals surface area contributed by atoms with E-state index in [1.165, 1.54) is 19.2 Å². The number of anilines is 1. The van der Waals surface area contributed by atoms with E-state index >= 15 is 0 Å². The van der Waals surface area contributed by atoms with Crippen molar-refractivity contribution < 1.29 is 14.1 Å². The lowest BCUT2D eigenvalue weighted by Gasteiger charge is -2.08. The molecule has 0 radical (unpaired) electrons. The monoisotopic (exact) mass is 294 g/mol. The summed E-state index contributed by atoms with van der Waals surface area (Å²) in [5, 5.41) is 17.9. The van der Waals surface area contributed by atoms with Crippen molar-refractivity contribution in [2.24, 2.45) is 7.05 Å². The van der Waals surface area contributed by atoms with Crippen LogP contribution in [0.4, 0.5) is 15.8 Å². The van der Waals surface area contributed by atoms with Gasteiger partial charge in [-0.05, 0) is 13.0 Å². The predicted molar refractivity (Wildman–Crippen MR) is 74.9 cm³/mol. The summed E-state index contributed by atoms with van der Waals surface area (Å²) in [5.41, 5.74) is 1.61. The van der Waals surface area contributed by atoms with E-state index in [2.05, 4.69) is 10.4 Å². The van der Waals surface area contributed by atoms with Gasteiger partial charge in [0.1, 0.15) is 5.82 Å². The number of nitro groups is 1. The fraction of sp³-hybridized carbons (Fsp3) is 0.308. The molecule has 0 aliphatic rings. The van der Waals surface area contributed by atoms with Gasteiger partial charge in [0.2, 0.25) is 5.88 Å². The van der Waals surface area contributed by atoms with E-state index in [0.29, 0.717) is 18.1 Å². The summed E-state index contributed by atoms with van der Waals surface area (Å²) in [4.78, 5) is 10.1. The zero-order valence-corrected chi connectivity index (χ0v) is 11.9. The lowest BCUT2D eigenvalue weighted by Crippen LogP contribution is -2.03. The third kappa shape index (κ3) is 3.10. The lowest BCUT2D eigenvalue weighted by atomic mass is 10.2. The summed E-state index contributed by atoms with van der Waals surface area (Å²) in [5.74, 6) is -0.0764. The first-order valence-corrected chi connectivity index (χ1v) is 6.17. The highest BCUT2D eigenvalue weighted by Crippen LogP contribution is 2.24. The van der Waals surface area contributed by atoms with Gasteiger partial charge < -0.3 is 10.1 Å². The quantitative estimate of drug-likeness (QED) is 0.676. The Kier molecular flexibility index (Phi) is 4.06. The van der Waals surface area contributed by atoms with Crippen LogP contribution in [0.25, 0.3) is 0 Å². The molecular weight excluding hydrogens is 279 g/mol. The molecule has 0 amide bonds. The number of methoxy groups -OCH3 is 1. The molecule has 8 heteroatoms. The summed E-state index contributed by atoms with van der Waals surface area (Å²) in [7, 11) is 3.29. The molecular formula is C13H15FN4O3. The van der Waals surface area contributed by atoms with Crippen LogP contribution in [0.5, 0.6) is 5.88 Å². The first-order valence-electron chi connectivity index (χ1n) is 6.17. The Morgan fingerprint density at radius 2 is 2.19 bits per heavy atom. The fourth-order valence-corrected chi connectivity index (χ4v) is 2.11. The molecule has 1 aromatic heterocycles. The maximum atomic E-state index is 13.4. The summed E-state index contributed by atoms with van der Waals surface area (Å²) in [6.07, 6.45) is 0. The number of aromatic nitrogens is 2. The Labute approximate surface area is 120 Å². The van der Waals surface area contributed by atoms with E-state index in [9.17, 15) is 14.5 Å². The molecule has 0 bridgehead atoms. The third-order valence-electron chi connectivity index (χ3n) is 3.04. The minimum atomic E-state index is -0.665. The number of nitro benzene ring substituents is 1. The zero-order valence-electron chi connectivity index (χ0n) is 11.9. The molecule has 2 aromatic rings. The Balaban J connectivity index is 2.22. The predicted octanol–water partition coefficient (Wildman–Crippen LogP) is 2.40. The van der Waals surface area contributed by atoms with Gasteiger partial charge in [0.05, 0.1) is 29.4 Å². The molecule has 2 rings (SSSR count). The fourth-order valence-electron chi connectivity index (χ4n) is 2.11. The summed E-state index contributed by atoms with van der Waals surface area (Å²) < 4.78 is 20.2. The summed E-state index contributed by atoms with van der Waals surface area (Å²) in [6, 6.07) is 3.35. The van der Waals surface area contributed by atoms with Crippen LogP contribution in [0, 0.1) is 22.9 Å². The van der Waals surface area contributed by atoms with Gasteiger partial charge in [0.15, 0.2) is 0 Å². The van der Waals surface area contributed by atoms with Crippen LogP contribution in [0.3, 0.4) is 0 Å². The molecule has 7 nitrogen and oxygen atoms in total. The molecule has 0 fully saturated rings. The Hall–Kier alpha value is -2.64. The average Bonchev–Trinajstić information content (AvgIpc) is 2.69. The number of nitrogens with one attached hydrogen (secondary N) is 1. The molecule has 0 aliphatic heterocycles. The van der Waals surface area contributed by atoms with Gasteiger partial charge in [0.25, 0.3) is 5.69 Å². The molecule has 0 saturated carbocycles. The van der Waals surface area contributed by atoms with Crippen molar-refractivity contribution in [2.75, 3.05) is 12.4 Å². The zero-order chi connectivity index (χ0) is 15.6. The van der Waals surface area contributed by atoms with Crippen molar-refractivity contribution in [3.63, 3.8) is 0 Å². The number of nitrogens with zero attached hydrogens (tertiary/aromatic N) is 3. The van der Waals surface area contributed by atoms with Crippen LogP contribution in [-0.2, 0) is 13.6 Å². The van der Waals surface area contributed by atoms with E-state index in [0.717, 1.165) is 17.3 Å². The van der Waals surface area contributed by atoms with E-state index in [4.69, 9.17) is 4.74 Å². The van der Waals surface area contributed by atoms with Crippen LogP contribution in [0.2, 0.25) is 0 Å². The second kappa shape index (κ2) is 5.78. The topological polar surface area (TPSA) is 82.2 Å². The van der Waals surface area contributed by atoms with E-state index in [1.807, 2.05) is 6.92 Å². The van der Waals surface area contributed by atoms with Crippen LogP contribution in [0.1, 0.15) is 11.3 Å². The van der Waals surface area contributed by atoms with Gasteiger partial charge in [0, 0.05) is 25.3 Å². The molecule has 1 aromatic carbocycles. The van der Waals surface area contributed by atoms with Crippen LogP contribution in [0.15, 0.2) is 18.2 Å². The maximum Gasteiger partial charge on any atom is 0.274 e. The first-order chi connectivity index (χ1) is 9.92. The highest BCUT2D eigenvalue weighted by atomic mass is 19.1. The Morgan fingerprint density at radius 3 is 2.81 bits per heavy atom. The van der Waals surface area contributed by atoms with E-state index in [1.54, 1.807) is 11.7 Å². The van der Waals surface area contributed by atoms with Crippen molar-refractivity contribution in [1.82, 2.24) is 9.78 Å². The number of rotatable bonds is 5.